The standard InChI is InChI=1S/C43H27N3O/c1-4-12-28(13-5-1)32-22-20-30-21-23-33(25-34(30)24-32)42-44-41(31-16-8-3-9-17-31)45-43(46-42)37-26-35(29-14-6-2-7-15-29)27-39-40(37)36-18-10-11-19-38(36)47-39/h1-27H/i2D,3D,6D,7D,8D,9D,10D,11D,14D,15D,16D,17D,18D,19D,26D,27D. The van der Waals surface area contributed by atoms with E-state index >= 15 is 0 Å². The van der Waals surface area contributed by atoms with E-state index in [4.69, 9.17) is 28.6 Å². The second-order valence-corrected chi connectivity index (χ2v) is 10.5. The van der Waals surface area contributed by atoms with Crippen molar-refractivity contribution in [2.45, 2.75) is 0 Å². The number of hydrogen-bond acceptors (Lipinski definition) is 4. The van der Waals surface area contributed by atoms with Crippen LogP contribution in [-0.2, 0) is 0 Å². The molecule has 0 unspecified atom stereocenters. The molecule has 0 saturated heterocycles. The van der Waals surface area contributed by atoms with Gasteiger partial charge in [-0.05, 0) is 63.3 Å². The van der Waals surface area contributed by atoms with Gasteiger partial charge in [0.05, 0.1) is 21.9 Å². The number of nitrogens with zero attached hydrogens (tertiary/aromatic N) is 3. The molecule has 9 rings (SSSR count). The summed E-state index contributed by atoms with van der Waals surface area (Å²) < 4.78 is 145. The number of para-hydroxylation sites is 1. The van der Waals surface area contributed by atoms with E-state index in [2.05, 4.69) is 9.97 Å². The Labute approximate surface area is 294 Å². The number of furan rings is 1. The van der Waals surface area contributed by atoms with Crippen LogP contribution in [0.3, 0.4) is 0 Å². The van der Waals surface area contributed by atoms with E-state index in [0.717, 1.165) is 21.9 Å². The van der Waals surface area contributed by atoms with Crippen molar-refractivity contribution in [3.05, 3.63) is 163 Å². The molecule has 0 aliphatic heterocycles. The molecular weight excluding hydrogens is 574 g/mol. The Morgan fingerprint density at radius 2 is 1.09 bits per heavy atom. The maximum Gasteiger partial charge on any atom is 0.164 e. The van der Waals surface area contributed by atoms with Gasteiger partial charge in [0.2, 0.25) is 0 Å². The van der Waals surface area contributed by atoms with Gasteiger partial charge in [-0.15, -0.1) is 0 Å². The lowest BCUT2D eigenvalue weighted by molar-refractivity contribution is 0.669. The molecule has 4 nitrogen and oxygen atoms in total. The van der Waals surface area contributed by atoms with Crippen LogP contribution in [0.15, 0.2) is 168 Å². The SMILES string of the molecule is [2H]c1c([2H])c([2H])c(-c2nc(-c3ccc4ccc(-c5ccccc5)cc4c3)nc(-c3c([2H])c(-c4c([2H])c([2H])c([2H])c([2H])c4[2H])c([2H])c4oc5c([2H])c([2H])c([2H])c([2H])c5c34)n2)c([2H])c1[2H]. The van der Waals surface area contributed by atoms with Crippen molar-refractivity contribution in [1.29, 1.82) is 0 Å². The number of fused-ring (bicyclic) bond motifs is 4. The van der Waals surface area contributed by atoms with Gasteiger partial charge in [-0.2, -0.15) is 0 Å². The van der Waals surface area contributed by atoms with Gasteiger partial charge in [0.25, 0.3) is 0 Å². The van der Waals surface area contributed by atoms with Crippen LogP contribution >= 0.6 is 0 Å². The molecule has 47 heavy (non-hydrogen) atoms. The number of rotatable bonds is 5. The predicted molar refractivity (Wildman–Crippen MR) is 192 cm³/mol. The molecule has 7 aromatic carbocycles. The summed E-state index contributed by atoms with van der Waals surface area (Å²) in [4.78, 5) is 14.0. The zero-order chi connectivity index (χ0) is 45.1. The summed E-state index contributed by atoms with van der Waals surface area (Å²) in [5, 5.41) is 1.02. The van der Waals surface area contributed by atoms with Gasteiger partial charge in [0.1, 0.15) is 11.2 Å². The lowest BCUT2D eigenvalue weighted by Crippen LogP contribution is -2.00. The molecule has 0 amide bonds. The van der Waals surface area contributed by atoms with Gasteiger partial charge in [-0.1, -0.05) is 133 Å². The molecular formula is C43H27N3O. The number of hydrogen-bond donors (Lipinski definition) is 0. The highest BCUT2D eigenvalue weighted by molar-refractivity contribution is 6.13. The zero-order valence-corrected chi connectivity index (χ0v) is 24.1. The summed E-state index contributed by atoms with van der Waals surface area (Å²) in [5.74, 6) is -1.04. The normalized spacial score (nSPS) is 16.2. The first-order chi connectivity index (χ1) is 29.9. The molecule has 2 heterocycles. The largest absolute Gasteiger partial charge is 0.456 e. The van der Waals surface area contributed by atoms with E-state index in [-0.39, 0.29) is 16.6 Å². The Kier molecular flexibility index (Phi) is 3.64. The van der Waals surface area contributed by atoms with Crippen molar-refractivity contribution in [1.82, 2.24) is 15.0 Å². The average Bonchev–Trinajstić information content (AvgIpc) is 3.69. The van der Waals surface area contributed by atoms with Crippen LogP contribution in [0.25, 0.3) is 89.1 Å². The summed E-state index contributed by atoms with van der Waals surface area (Å²) >= 11 is 0. The van der Waals surface area contributed by atoms with Crippen LogP contribution in [-0.4, -0.2) is 15.0 Å². The van der Waals surface area contributed by atoms with Crippen molar-refractivity contribution < 1.29 is 26.3 Å². The second-order valence-electron chi connectivity index (χ2n) is 10.5. The number of aromatic nitrogens is 3. The smallest absolute Gasteiger partial charge is 0.164 e. The lowest BCUT2D eigenvalue weighted by atomic mass is 9.98. The summed E-state index contributed by atoms with van der Waals surface area (Å²) in [5.41, 5.74) is -0.654. The Bertz CT molecular complexity index is 3430. The monoisotopic (exact) mass is 617 g/mol. The van der Waals surface area contributed by atoms with E-state index in [1.165, 1.54) is 0 Å². The van der Waals surface area contributed by atoms with Crippen molar-refractivity contribution >= 4 is 32.7 Å². The molecule has 9 aromatic rings. The van der Waals surface area contributed by atoms with E-state index < -0.39 is 142 Å². The molecule has 0 saturated carbocycles. The topological polar surface area (TPSA) is 51.8 Å². The predicted octanol–water partition coefficient (Wildman–Crippen LogP) is 11.3. The minimum atomic E-state index is -0.770. The average molecular weight is 618 g/mol. The van der Waals surface area contributed by atoms with Gasteiger partial charge in [0, 0.05) is 27.5 Å². The van der Waals surface area contributed by atoms with E-state index in [0.29, 0.717) is 5.56 Å². The third kappa shape index (κ3) is 4.93. The van der Waals surface area contributed by atoms with Crippen molar-refractivity contribution in [3.8, 4) is 56.4 Å². The first-order valence-electron chi connectivity index (χ1n) is 22.4. The fourth-order valence-corrected chi connectivity index (χ4v) is 5.43. The van der Waals surface area contributed by atoms with Gasteiger partial charge in [-0.25, -0.2) is 15.0 Å². The van der Waals surface area contributed by atoms with Crippen molar-refractivity contribution in [2.75, 3.05) is 0 Å². The lowest BCUT2D eigenvalue weighted by Gasteiger charge is -2.12. The minimum Gasteiger partial charge on any atom is -0.456 e. The molecule has 0 N–H and O–H groups in total. The number of benzene rings is 7. The Hall–Kier alpha value is -6.39. The highest BCUT2D eigenvalue weighted by Gasteiger charge is 2.19. The fraction of sp³-hybridized carbons (Fsp3) is 0. The molecule has 220 valence electrons. The Balaban J connectivity index is 1.45. The summed E-state index contributed by atoms with van der Waals surface area (Å²) in [6, 6.07) is 9.45. The molecule has 4 heteroatoms. The van der Waals surface area contributed by atoms with Crippen molar-refractivity contribution in [3.63, 3.8) is 0 Å². The summed E-state index contributed by atoms with van der Waals surface area (Å²) in [6.07, 6.45) is 0. The highest BCUT2D eigenvalue weighted by atomic mass is 16.3. The van der Waals surface area contributed by atoms with Crippen LogP contribution in [0.2, 0.25) is 0 Å². The molecule has 2 aromatic heterocycles. The van der Waals surface area contributed by atoms with Crippen LogP contribution in [0, 0.1) is 0 Å². The highest BCUT2D eigenvalue weighted by Crippen LogP contribution is 2.40. The van der Waals surface area contributed by atoms with Crippen LogP contribution in [0.5, 0.6) is 0 Å². The molecule has 0 radical (unpaired) electrons. The van der Waals surface area contributed by atoms with Gasteiger partial charge in [0.15, 0.2) is 17.5 Å². The summed E-state index contributed by atoms with van der Waals surface area (Å²) in [6.45, 7) is 0. The molecule has 0 aliphatic rings. The first-order valence-corrected chi connectivity index (χ1v) is 14.4. The van der Waals surface area contributed by atoms with Gasteiger partial charge < -0.3 is 4.42 Å². The first kappa shape index (κ1) is 15.3. The molecule has 0 spiro atoms. The van der Waals surface area contributed by atoms with Crippen LogP contribution < -0.4 is 0 Å². The van der Waals surface area contributed by atoms with E-state index in [9.17, 15) is 2.74 Å². The van der Waals surface area contributed by atoms with Crippen molar-refractivity contribution in [2.24, 2.45) is 0 Å². The fourth-order valence-electron chi connectivity index (χ4n) is 5.43. The molecule has 0 atom stereocenters. The minimum absolute atomic E-state index is 0.129. The second kappa shape index (κ2) is 11.2. The van der Waals surface area contributed by atoms with Crippen LogP contribution in [0.4, 0.5) is 0 Å². The third-order valence-corrected chi connectivity index (χ3v) is 7.61. The van der Waals surface area contributed by atoms with Gasteiger partial charge in [-0.3, -0.25) is 0 Å². The molecule has 0 fully saturated rings. The zero-order valence-electron chi connectivity index (χ0n) is 40.1. The molecule has 0 aliphatic carbocycles. The third-order valence-electron chi connectivity index (χ3n) is 7.61. The Morgan fingerprint density at radius 3 is 1.87 bits per heavy atom. The quantitative estimate of drug-likeness (QED) is 0.193. The van der Waals surface area contributed by atoms with E-state index in [1.807, 2.05) is 48.5 Å². The maximum atomic E-state index is 9.76. The summed E-state index contributed by atoms with van der Waals surface area (Å²) in [7, 11) is 0. The van der Waals surface area contributed by atoms with E-state index in [1.54, 1.807) is 18.2 Å². The maximum absolute atomic E-state index is 9.76. The Morgan fingerprint density at radius 1 is 0.447 bits per heavy atom. The van der Waals surface area contributed by atoms with Crippen LogP contribution in [0.1, 0.15) is 21.9 Å². The van der Waals surface area contributed by atoms with Gasteiger partial charge >= 0.3 is 0 Å². The molecule has 0 bridgehead atoms.